The van der Waals surface area contributed by atoms with Gasteiger partial charge in [-0.1, -0.05) is 24.3 Å². The molecule has 0 bridgehead atoms. The second kappa shape index (κ2) is 8.57. The maximum absolute atomic E-state index is 12.4. The molecule has 0 aliphatic carbocycles. The Balaban J connectivity index is 1.32. The fourth-order valence-corrected chi connectivity index (χ4v) is 4.04. The summed E-state index contributed by atoms with van der Waals surface area (Å²) in [6, 6.07) is 15.8. The van der Waals surface area contributed by atoms with Gasteiger partial charge in [0.15, 0.2) is 0 Å². The Morgan fingerprint density at radius 2 is 1.86 bits per heavy atom. The molecule has 28 heavy (non-hydrogen) atoms. The van der Waals surface area contributed by atoms with Crippen molar-refractivity contribution < 1.29 is 9.59 Å². The van der Waals surface area contributed by atoms with Gasteiger partial charge in [0.1, 0.15) is 0 Å². The maximum Gasteiger partial charge on any atom is 0.251 e. The van der Waals surface area contributed by atoms with Crippen molar-refractivity contribution in [2.24, 2.45) is 0 Å². The van der Waals surface area contributed by atoms with Crippen LogP contribution in [0.25, 0.3) is 0 Å². The normalized spacial score (nSPS) is 19.6. The standard InChI is InChI=1S/C23H27N3O2/c27-22-4-2-14-26(22)21-11-5-17(6-12-21)15-25-23(28)19-9-7-18(8-10-19)20-3-1-13-24-16-20/h5-12,20,24H,1-4,13-16H2,(H,25,28)/t20-/m0/s1. The number of amides is 2. The van der Waals surface area contributed by atoms with Crippen LogP contribution in [0.15, 0.2) is 48.5 Å². The third-order valence-electron chi connectivity index (χ3n) is 5.72. The molecule has 2 aromatic rings. The van der Waals surface area contributed by atoms with E-state index in [1.807, 2.05) is 41.3 Å². The van der Waals surface area contributed by atoms with Crippen LogP contribution in [0.5, 0.6) is 0 Å². The summed E-state index contributed by atoms with van der Waals surface area (Å²) in [6.45, 7) is 3.39. The predicted octanol–water partition coefficient (Wildman–Crippen LogP) is 3.21. The predicted molar refractivity (Wildman–Crippen MR) is 110 cm³/mol. The first-order valence-corrected chi connectivity index (χ1v) is 10.2. The Kier molecular flexibility index (Phi) is 5.72. The van der Waals surface area contributed by atoms with Gasteiger partial charge in [-0.2, -0.15) is 0 Å². The minimum atomic E-state index is -0.0629. The number of nitrogens with zero attached hydrogens (tertiary/aromatic N) is 1. The first kappa shape index (κ1) is 18.7. The van der Waals surface area contributed by atoms with Crippen molar-refractivity contribution in [3.05, 3.63) is 65.2 Å². The van der Waals surface area contributed by atoms with Gasteiger partial charge in [0.05, 0.1) is 0 Å². The number of benzene rings is 2. The van der Waals surface area contributed by atoms with Crippen molar-refractivity contribution in [3.8, 4) is 0 Å². The average molecular weight is 377 g/mol. The zero-order valence-corrected chi connectivity index (χ0v) is 16.1. The van der Waals surface area contributed by atoms with Crippen LogP contribution in [0, 0.1) is 0 Å². The van der Waals surface area contributed by atoms with Gasteiger partial charge in [0, 0.05) is 37.3 Å². The van der Waals surface area contributed by atoms with Gasteiger partial charge in [-0.3, -0.25) is 9.59 Å². The number of carbonyl (C=O) groups excluding carboxylic acids is 2. The van der Waals surface area contributed by atoms with E-state index in [1.54, 1.807) is 0 Å². The van der Waals surface area contributed by atoms with Crippen molar-refractivity contribution in [1.82, 2.24) is 10.6 Å². The van der Waals surface area contributed by atoms with E-state index in [2.05, 4.69) is 22.8 Å². The molecular weight excluding hydrogens is 350 g/mol. The molecule has 0 aromatic heterocycles. The molecule has 4 rings (SSSR count). The fourth-order valence-electron chi connectivity index (χ4n) is 4.04. The lowest BCUT2D eigenvalue weighted by Crippen LogP contribution is -2.28. The molecule has 0 unspecified atom stereocenters. The van der Waals surface area contributed by atoms with Crippen LogP contribution in [-0.2, 0) is 11.3 Å². The summed E-state index contributed by atoms with van der Waals surface area (Å²) < 4.78 is 0. The van der Waals surface area contributed by atoms with Crippen molar-refractivity contribution in [3.63, 3.8) is 0 Å². The fraction of sp³-hybridized carbons (Fsp3) is 0.391. The molecular formula is C23H27N3O2. The van der Waals surface area contributed by atoms with Crippen LogP contribution >= 0.6 is 0 Å². The Labute approximate surface area is 166 Å². The first-order valence-electron chi connectivity index (χ1n) is 10.2. The molecule has 2 heterocycles. The largest absolute Gasteiger partial charge is 0.348 e. The number of hydrogen-bond acceptors (Lipinski definition) is 3. The van der Waals surface area contributed by atoms with Gasteiger partial charge in [-0.25, -0.2) is 0 Å². The van der Waals surface area contributed by atoms with Crippen LogP contribution in [-0.4, -0.2) is 31.4 Å². The lowest BCUT2D eigenvalue weighted by Gasteiger charge is -2.23. The molecule has 2 aliphatic heterocycles. The van der Waals surface area contributed by atoms with Crippen LogP contribution in [0.2, 0.25) is 0 Å². The molecule has 146 valence electrons. The highest BCUT2D eigenvalue weighted by molar-refractivity contribution is 5.95. The van der Waals surface area contributed by atoms with Crippen LogP contribution in [0.1, 0.15) is 53.1 Å². The molecule has 5 nitrogen and oxygen atoms in total. The molecule has 2 amide bonds. The summed E-state index contributed by atoms with van der Waals surface area (Å²) in [5.41, 5.74) is 3.95. The minimum Gasteiger partial charge on any atom is -0.348 e. The minimum absolute atomic E-state index is 0.0629. The number of piperidine rings is 1. The second-order valence-corrected chi connectivity index (χ2v) is 7.66. The number of hydrogen-bond donors (Lipinski definition) is 2. The molecule has 5 heteroatoms. The third-order valence-corrected chi connectivity index (χ3v) is 5.72. The Hall–Kier alpha value is -2.66. The highest BCUT2D eigenvalue weighted by Crippen LogP contribution is 2.24. The van der Waals surface area contributed by atoms with E-state index in [9.17, 15) is 9.59 Å². The lowest BCUT2D eigenvalue weighted by atomic mass is 9.91. The second-order valence-electron chi connectivity index (χ2n) is 7.66. The van der Waals surface area contributed by atoms with Gasteiger partial charge >= 0.3 is 0 Å². The van der Waals surface area contributed by atoms with Gasteiger partial charge in [-0.05, 0) is 67.1 Å². The van der Waals surface area contributed by atoms with E-state index in [0.29, 0.717) is 24.4 Å². The maximum atomic E-state index is 12.4. The Morgan fingerprint density at radius 3 is 2.50 bits per heavy atom. The molecule has 0 saturated carbocycles. The summed E-state index contributed by atoms with van der Waals surface area (Å²) >= 11 is 0. The van der Waals surface area contributed by atoms with Crippen molar-refractivity contribution >= 4 is 17.5 Å². The molecule has 2 saturated heterocycles. The number of carbonyl (C=O) groups is 2. The van der Waals surface area contributed by atoms with E-state index in [4.69, 9.17) is 0 Å². The van der Waals surface area contributed by atoms with Crippen LogP contribution in [0.3, 0.4) is 0 Å². The SMILES string of the molecule is O=C(NCc1ccc(N2CCCC2=O)cc1)c1ccc([C@H]2CCCNC2)cc1. The Morgan fingerprint density at radius 1 is 1.07 bits per heavy atom. The van der Waals surface area contributed by atoms with Crippen LogP contribution in [0.4, 0.5) is 5.69 Å². The van der Waals surface area contributed by atoms with E-state index in [1.165, 1.54) is 18.4 Å². The molecule has 0 spiro atoms. The molecule has 2 fully saturated rings. The van der Waals surface area contributed by atoms with Gasteiger partial charge in [-0.15, -0.1) is 0 Å². The summed E-state index contributed by atoms with van der Waals surface area (Å²) in [5.74, 6) is 0.674. The number of nitrogens with one attached hydrogen (secondary N) is 2. The lowest BCUT2D eigenvalue weighted by molar-refractivity contribution is -0.117. The molecule has 1 atom stereocenters. The Bertz CT molecular complexity index is 824. The zero-order valence-electron chi connectivity index (χ0n) is 16.1. The topological polar surface area (TPSA) is 61.4 Å². The summed E-state index contributed by atoms with van der Waals surface area (Å²) in [6.07, 6.45) is 3.97. The molecule has 0 radical (unpaired) electrons. The summed E-state index contributed by atoms with van der Waals surface area (Å²) in [5, 5.41) is 6.41. The zero-order chi connectivity index (χ0) is 19.3. The smallest absolute Gasteiger partial charge is 0.251 e. The first-order chi connectivity index (χ1) is 13.7. The third kappa shape index (κ3) is 4.25. The molecule has 2 N–H and O–H groups in total. The molecule has 2 aromatic carbocycles. The summed E-state index contributed by atoms with van der Waals surface area (Å²) in [7, 11) is 0. The van der Waals surface area contributed by atoms with Gasteiger partial charge in [0.25, 0.3) is 5.91 Å². The van der Waals surface area contributed by atoms with E-state index >= 15 is 0 Å². The monoisotopic (exact) mass is 377 g/mol. The average Bonchev–Trinajstić information content (AvgIpc) is 3.19. The van der Waals surface area contributed by atoms with Gasteiger partial charge in [0.2, 0.25) is 5.91 Å². The highest BCUT2D eigenvalue weighted by Gasteiger charge is 2.21. The van der Waals surface area contributed by atoms with Crippen molar-refractivity contribution in [2.45, 2.75) is 38.1 Å². The van der Waals surface area contributed by atoms with Crippen molar-refractivity contribution in [1.29, 1.82) is 0 Å². The van der Waals surface area contributed by atoms with E-state index in [-0.39, 0.29) is 11.8 Å². The number of anilines is 1. The number of rotatable bonds is 5. The molecule has 2 aliphatic rings. The van der Waals surface area contributed by atoms with E-state index in [0.717, 1.165) is 37.3 Å². The van der Waals surface area contributed by atoms with Crippen LogP contribution < -0.4 is 15.5 Å². The quantitative estimate of drug-likeness (QED) is 0.841. The summed E-state index contributed by atoms with van der Waals surface area (Å²) in [4.78, 5) is 26.1. The van der Waals surface area contributed by atoms with E-state index < -0.39 is 0 Å². The van der Waals surface area contributed by atoms with Gasteiger partial charge < -0.3 is 15.5 Å². The van der Waals surface area contributed by atoms with Crippen molar-refractivity contribution in [2.75, 3.05) is 24.5 Å². The highest BCUT2D eigenvalue weighted by atomic mass is 16.2.